The van der Waals surface area contributed by atoms with Gasteiger partial charge in [-0.2, -0.15) is 13.2 Å². The van der Waals surface area contributed by atoms with E-state index in [-0.39, 0.29) is 0 Å². The summed E-state index contributed by atoms with van der Waals surface area (Å²) in [5, 5.41) is 0. The maximum atomic E-state index is 12.6. The number of hydrogen-bond acceptors (Lipinski definition) is 0. The minimum atomic E-state index is -4.30. The van der Waals surface area contributed by atoms with Crippen LogP contribution in [0.4, 0.5) is 13.2 Å². The third kappa shape index (κ3) is 3.45. The van der Waals surface area contributed by atoms with Gasteiger partial charge in [-0.1, -0.05) is 66.2 Å². The van der Waals surface area contributed by atoms with E-state index in [1.165, 1.54) is 17.7 Å². The van der Waals surface area contributed by atoms with E-state index in [9.17, 15) is 13.2 Å². The van der Waals surface area contributed by atoms with Crippen molar-refractivity contribution in [2.75, 3.05) is 0 Å². The smallest absolute Gasteiger partial charge is 0.166 e. The molecular formula is C20H15F3. The van der Waals surface area contributed by atoms with Crippen LogP contribution in [-0.2, 0) is 6.18 Å². The molecule has 23 heavy (non-hydrogen) atoms. The molecule has 0 heterocycles. The molecule has 3 rings (SSSR count). The van der Waals surface area contributed by atoms with Gasteiger partial charge in [0, 0.05) is 0 Å². The van der Waals surface area contributed by atoms with Crippen molar-refractivity contribution in [3.8, 4) is 22.3 Å². The largest absolute Gasteiger partial charge is 0.416 e. The van der Waals surface area contributed by atoms with Gasteiger partial charge >= 0.3 is 6.18 Å². The summed E-state index contributed by atoms with van der Waals surface area (Å²) in [6.07, 6.45) is -4.30. The van der Waals surface area contributed by atoms with Gasteiger partial charge in [-0.05, 0) is 41.3 Å². The normalized spacial score (nSPS) is 11.5. The maximum absolute atomic E-state index is 12.6. The molecular weight excluding hydrogens is 297 g/mol. The molecule has 3 aromatic rings. The van der Waals surface area contributed by atoms with Crippen LogP contribution in [0.25, 0.3) is 22.3 Å². The number of halogens is 3. The third-order valence-electron chi connectivity index (χ3n) is 3.82. The third-order valence-corrected chi connectivity index (χ3v) is 3.82. The van der Waals surface area contributed by atoms with Crippen molar-refractivity contribution in [3.63, 3.8) is 0 Å². The van der Waals surface area contributed by atoms with Gasteiger partial charge in [0.25, 0.3) is 0 Å². The van der Waals surface area contributed by atoms with E-state index in [1.54, 1.807) is 0 Å². The van der Waals surface area contributed by atoms with E-state index >= 15 is 0 Å². The quantitative estimate of drug-likeness (QED) is 0.517. The Morgan fingerprint density at radius 1 is 0.522 bits per heavy atom. The topological polar surface area (TPSA) is 0 Å². The Kier molecular flexibility index (Phi) is 3.95. The highest BCUT2D eigenvalue weighted by atomic mass is 19.4. The first-order chi connectivity index (χ1) is 10.9. The molecule has 0 atom stereocenters. The predicted molar refractivity (Wildman–Crippen MR) is 87.1 cm³/mol. The highest BCUT2D eigenvalue weighted by Crippen LogP contribution is 2.31. The van der Waals surface area contributed by atoms with Gasteiger partial charge in [-0.15, -0.1) is 0 Å². The SMILES string of the molecule is Cc1ccc(-c2ccc(-c3ccc(C(F)(F)F)cc3)cc2)cc1. The van der Waals surface area contributed by atoms with Crippen LogP contribution < -0.4 is 0 Å². The minimum Gasteiger partial charge on any atom is -0.166 e. The molecule has 0 aliphatic rings. The standard InChI is InChI=1S/C20H15F3/c1-14-2-4-15(5-3-14)16-6-8-17(9-7-16)18-10-12-19(13-11-18)20(21,22)23/h2-13H,1H3. The zero-order chi connectivity index (χ0) is 16.4. The number of hydrogen-bond donors (Lipinski definition) is 0. The van der Waals surface area contributed by atoms with Gasteiger partial charge in [0.15, 0.2) is 0 Å². The van der Waals surface area contributed by atoms with Crippen LogP contribution in [0.5, 0.6) is 0 Å². The molecule has 0 aliphatic heterocycles. The molecule has 0 amide bonds. The van der Waals surface area contributed by atoms with E-state index in [0.717, 1.165) is 34.4 Å². The molecule has 0 saturated heterocycles. The first-order valence-corrected chi connectivity index (χ1v) is 7.28. The molecule has 0 nitrogen and oxygen atoms in total. The number of aryl methyl sites for hydroxylation is 1. The van der Waals surface area contributed by atoms with Crippen LogP contribution >= 0.6 is 0 Å². The van der Waals surface area contributed by atoms with Crippen LogP contribution in [0.3, 0.4) is 0 Å². The Balaban J connectivity index is 1.86. The van der Waals surface area contributed by atoms with Gasteiger partial charge in [-0.25, -0.2) is 0 Å². The molecule has 0 fully saturated rings. The number of benzene rings is 3. The van der Waals surface area contributed by atoms with Crippen LogP contribution in [0.15, 0.2) is 72.8 Å². The van der Waals surface area contributed by atoms with Gasteiger partial charge in [0.05, 0.1) is 5.56 Å². The minimum absolute atomic E-state index is 0.627. The molecule has 3 aromatic carbocycles. The molecule has 3 heteroatoms. The fourth-order valence-electron chi connectivity index (χ4n) is 2.45. The Morgan fingerprint density at radius 2 is 0.826 bits per heavy atom. The lowest BCUT2D eigenvalue weighted by Gasteiger charge is -2.08. The monoisotopic (exact) mass is 312 g/mol. The Morgan fingerprint density at radius 3 is 1.17 bits per heavy atom. The fourth-order valence-corrected chi connectivity index (χ4v) is 2.45. The molecule has 0 N–H and O–H groups in total. The van der Waals surface area contributed by atoms with Crippen LogP contribution in [0, 0.1) is 6.92 Å². The van der Waals surface area contributed by atoms with Crippen molar-refractivity contribution < 1.29 is 13.2 Å². The van der Waals surface area contributed by atoms with Crippen LogP contribution in [0.1, 0.15) is 11.1 Å². The molecule has 0 saturated carbocycles. The lowest BCUT2D eigenvalue weighted by Crippen LogP contribution is -2.03. The average Bonchev–Trinajstić information content (AvgIpc) is 2.55. The first kappa shape index (κ1) is 15.3. The van der Waals surface area contributed by atoms with E-state index in [1.807, 2.05) is 31.2 Å². The molecule has 0 radical (unpaired) electrons. The van der Waals surface area contributed by atoms with Crippen molar-refractivity contribution in [2.24, 2.45) is 0 Å². The Hall–Kier alpha value is -2.55. The van der Waals surface area contributed by atoms with Crippen LogP contribution in [0.2, 0.25) is 0 Å². The summed E-state index contributed by atoms with van der Waals surface area (Å²) in [4.78, 5) is 0. The maximum Gasteiger partial charge on any atom is 0.416 e. The Bertz CT molecular complexity index is 780. The highest BCUT2D eigenvalue weighted by Gasteiger charge is 2.29. The molecule has 0 spiro atoms. The molecule has 0 aromatic heterocycles. The second-order valence-corrected chi connectivity index (χ2v) is 5.52. The molecule has 116 valence electrons. The zero-order valence-electron chi connectivity index (χ0n) is 12.6. The fraction of sp³-hybridized carbons (Fsp3) is 0.100. The van der Waals surface area contributed by atoms with Crippen molar-refractivity contribution in [1.82, 2.24) is 0 Å². The molecule has 0 aliphatic carbocycles. The van der Waals surface area contributed by atoms with Crippen molar-refractivity contribution in [2.45, 2.75) is 13.1 Å². The first-order valence-electron chi connectivity index (χ1n) is 7.28. The lowest BCUT2D eigenvalue weighted by molar-refractivity contribution is -0.137. The summed E-state index contributed by atoms with van der Waals surface area (Å²) >= 11 is 0. The summed E-state index contributed by atoms with van der Waals surface area (Å²) in [6, 6.07) is 21.3. The van der Waals surface area contributed by atoms with Crippen molar-refractivity contribution in [1.29, 1.82) is 0 Å². The van der Waals surface area contributed by atoms with Crippen molar-refractivity contribution >= 4 is 0 Å². The Labute approximate surface area is 133 Å². The summed E-state index contributed by atoms with van der Waals surface area (Å²) in [6.45, 7) is 2.04. The summed E-state index contributed by atoms with van der Waals surface area (Å²) < 4.78 is 37.8. The van der Waals surface area contributed by atoms with E-state index in [0.29, 0.717) is 0 Å². The zero-order valence-corrected chi connectivity index (χ0v) is 12.6. The van der Waals surface area contributed by atoms with Gasteiger partial charge in [0.2, 0.25) is 0 Å². The summed E-state index contributed by atoms with van der Waals surface area (Å²) in [5.74, 6) is 0. The van der Waals surface area contributed by atoms with Crippen molar-refractivity contribution in [3.05, 3.63) is 83.9 Å². The van der Waals surface area contributed by atoms with Gasteiger partial charge in [-0.3, -0.25) is 0 Å². The van der Waals surface area contributed by atoms with E-state index in [4.69, 9.17) is 0 Å². The highest BCUT2D eigenvalue weighted by molar-refractivity contribution is 5.70. The second-order valence-electron chi connectivity index (χ2n) is 5.52. The second kappa shape index (κ2) is 5.92. The number of rotatable bonds is 2. The summed E-state index contributed by atoms with van der Waals surface area (Å²) in [5.41, 5.74) is 4.45. The predicted octanol–water partition coefficient (Wildman–Crippen LogP) is 6.35. The van der Waals surface area contributed by atoms with Gasteiger partial charge in [0.1, 0.15) is 0 Å². The molecule has 0 unspecified atom stereocenters. The molecule has 0 bridgehead atoms. The average molecular weight is 312 g/mol. The van der Waals surface area contributed by atoms with E-state index < -0.39 is 11.7 Å². The van der Waals surface area contributed by atoms with Gasteiger partial charge < -0.3 is 0 Å². The summed E-state index contributed by atoms with van der Waals surface area (Å²) in [7, 11) is 0. The van der Waals surface area contributed by atoms with E-state index in [2.05, 4.69) is 24.3 Å². The lowest BCUT2D eigenvalue weighted by atomic mass is 9.99. The van der Waals surface area contributed by atoms with Crippen LogP contribution in [-0.4, -0.2) is 0 Å². The number of alkyl halides is 3.